The Bertz CT molecular complexity index is 377. The van der Waals surface area contributed by atoms with Crippen LogP contribution in [-0.2, 0) is 12.8 Å². The third kappa shape index (κ3) is 2.45. The average molecular weight is 245 g/mol. The Balaban J connectivity index is 1.70. The fourth-order valence-corrected chi connectivity index (χ4v) is 3.53. The molecule has 0 aromatic heterocycles. The lowest BCUT2D eigenvalue weighted by Crippen LogP contribution is -2.46. The van der Waals surface area contributed by atoms with Crippen LogP contribution in [0.15, 0.2) is 24.3 Å². The van der Waals surface area contributed by atoms with Gasteiger partial charge >= 0.3 is 0 Å². The summed E-state index contributed by atoms with van der Waals surface area (Å²) in [6.07, 6.45) is 6.83. The second-order valence-electron chi connectivity index (χ2n) is 5.72. The lowest BCUT2D eigenvalue weighted by molar-refractivity contribution is 0.0217. The van der Waals surface area contributed by atoms with Gasteiger partial charge in [-0.25, -0.2) is 0 Å². The summed E-state index contributed by atoms with van der Waals surface area (Å²) in [5.74, 6) is 0. The van der Waals surface area contributed by atoms with Crippen LogP contribution in [0.25, 0.3) is 0 Å². The monoisotopic (exact) mass is 245 g/mol. The van der Waals surface area contributed by atoms with Gasteiger partial charge in [-0.2, -0.15) is 0 Å². The van der Waals surface area contributed by atoms with Crippen molar-refractivity contribution in [2.45, 2.75) is 50.7 Å². The molecule has 3 rings (SSSR count). The highest BCUT2D eigenvalue weighted by atomic mass is 16.3. The van der Waals surface area contributed by atoms with Crippen LogP contribution in [0, 0.1) is 0 Å². The van der Waals surface area contributed by atoms with Gasteiger partial charge in [0, 0.05) is 19.1 Å². The van der Waals surface area contributed by atoms with Gasteiger partial charge in [0.05, 0.1) is 6.10 Å². The Morgan fingerprint density at radius 3 is 2.17 bits per heavy atom. The van der Waals surface area contributed by atoms with E-state index in [4.69, 9.17) is 0 Å². The van der Waals surface area contributed by atoms with Gasteiger partial charge in [-0.05, 0) is 36.8 Å². The zero-order valence-electron chi connectivity index (χ0n) is 11.0. The first-order valence-electron chi connectivity index (χ1n) is 7.33. The molecule has 2 nitrogen and oxygen atoms in total. The highest BCUT2D eigenvalue weighted by Crippen LogP contribution is 2.25. The quantitative estimate of drug-likeness (QED) is 0.821. The molecule has 1 heterocycles. The van der Waals surface area contributed by atoms with Crippen molar-refractivity contribution in [1.29, 1.82) is 0 Å². The Hall–Kier alpha value is -0.860. The van der Waals surface area contributed by atoms with Crippen molar-refractivity contribution in [3.05, 3.63) is 35.4 Å². The van der Waals surface area contributed by atoms with Crippen molar-refractivity contribution in [3.8, 4) is 0 Å². The molecule has 1 aromatic carbocycles. The predicted molar refractivity (Wildman–Crippen MR) is 73.7 cm³/mol. The zero-order chi connectivity index (χ0) is 12.4. The van der Waals surface area contributed by atoms with Gasteiger partial charge in [0.25, 0.3) is 0 Å². The molecule has 2 atom stereocenters. The summed E-state index contributed by atoms with van der Waals surface area (Å²) in [5.41, 5.74) is 3.01. The van der Waals surface area contributed by atoms with Crippen LogP contribution < -0.4 is 0 Å². The van der Waals surface area contributed by atoms with Crippen molar-refractivity contribution in [3.63, 3.8) is 0 Å². The van der Waals surface area contributed by atoms with E-state index in [9.17, 15) is 5.11 Å². The second-order valence-corrected chi connectivity index (χ2v) is 5.72. The van der Waals surface area contributed by atoms with E-state index >= 15 is 0 Å². The highest BCUT2D eigenvalue weighted by Gasteiger charge is 2.29. The van der Waals surface area contributed by atoms with Gasteiger partial charge in [0.15, 0.2) is 0 Å². The topological polar surface area (TPSA) is 23.5 Å². The number of hydrogen-bond acceptors (Lipinski definition) is 2. The van der Waals surface area contributed by atoms with Gasteiger partial charge in [-0.3, -0.25) is 4.90 Å². The average Bonchev–Trinajstić information content (AvgIpc) is 2.62. The number of rotatable bonds is 1. The molecule has 1 aliphatic heterocycles. The molecule has 1 aromatic rings. The summed E-state index contributed by atoms with van der Waals surface area (Å²) >= 11 is 0. The molecular formula is C16H23NO. The van der Waals surface area contributed by atoms with Crippen LogP contribution in [-0.4, -0.2) is 35.2 Å². The Morgan fingerprint density at radius 1 is 0.944 bits per heavy atom. The van der Waals surface area contributed by atoms with Gasteiger partial charge in [-0.1, -0.05) is 37.1 Å². The largest absolute Gasteiger partial charge is 0.391 e. The van der Waals surface area contributed by atoms with E-state index in [2.05, 4.69) is 29.2 Å². The van der Waals surface area contributed by atoms with Crippen LogP contribution >= 0.6 is 0 Å². The summed E-state index contributed by atoms with van der Waals surface area (Å²) < 4.78 is 0. The van der Waals surface area contributed by atoms with E-state index in [1.165, 1.54) is 30.4 Å². The molecule has 0 amide bonds. The summed E-state index contributed by atoms with van der Waals surface area (Å²) in [6, 6.07) is 9.22. The zero-order valence-corrected chi connectivity index (χ0v) is 11.0. The van der Waals surface area contributed by atoms with E-state index in [0.29, 0.717) is 6.04 Å². The first-order valence-corrected chi connectivity index (χ1v) is 7.33. The Labute approximate surface area is 110 Å². The maximum Gasteiger partial charge on any atom is 0.0695 e. The molecule has 2 heteroatoms. The molecule has 18 heavy (non-hydrogen) atoms. The number of aliphatic hydroxyl groups is 1. The third-order valence-electron chi connectivity index (χ3n) is 4.62. The van der Waals surface area contributed by atoms with Crippen molar-refractivity contribution in [2.75, 3.05) is 13.1 Å². The Morgan fingerprint density at radius 2 is 1.56 bits per heavy atom. The fourth-order valence-electron chi connectivity index (χ4n) is 3.53. The molecule has 2 aliphatic rings. The second kappa shape index (κ2) is 5.41. The molecule has 1 saturated carbocycles. The van der Waals surface area contributed by atoms with Crippen LogP contribution in [0.3, 0.4) is 0 Å². The minimum atomic E-state index is -0.0973. The molecule has 0 radical (unpaired) electrons. The van der Waals surface area contributed by atoms with Crippen molar-refractivity contribution < 1.29 is 5.11 Å². The van der Waals surface area contributed by atoms with Gasteiger partial charge in [-0.15, -0.1) is 0 Å². The smallest absolute Gasteiger partial charge is 0.0695 e. The fraction of sp³-hybridized carbons (Fsp3) is 0.625. The number of benzene rings is 1. The van der Waals surface area contributed by atoms with E-state index in [1.807, 2.05) is 0 Å². The molecule has 0 bridgehead atoms. The molecule has 0 spiro atoms. The minimum Gasteiger partial charge on any atom is -0.391 e. The van der Waals surface area contributed by atoms with Crippen LogP contribution in [0.1, 0.15) is 36.8 Å². The predicted octanol–water partition coefficient (Wildman–Crippen LogP) is 2.39. The lowest BCUT2D eigenvalue weighted by Gasteiger charge is -2.37. The number of hydrogen-bond donors (Lipinski definition) is 1. The summed E-state index contributed by atoms with van der Waals surface area (Å²) in [6.45, 7) is 2.22. The van der Waals surface area contributed by atoms with Crippen LogP contribution in [0.2, 0.25) is 0 Å². The number of nitrogens with zero attached hydrogens (tertiary/aromatic N) is 1. The van der Waals surface area contributed by atoms with Crippen molar-refractivity contribution in [2.24, 2.45) is 0 Å². The molecule has 0 unspecified atom stereocenters. The normalized spacial score (nSPS) is 29.6. The maximum atomic E-state index is 10.2. The first kappa shape index (κ1) is 12.2. The Kier molecular flexibility index (Phi) is 3.67. The van der Waals surface area contributed by atoms with Gasteiger partial charge < -0.3 is 5.11 Å². The summed E-state index contributed by atoms with van der Waals surface area (Å²) in [4.78, 5) is 2.53. The molecule has 1 aliphatic carbocycles. The highest BCUT2D eigenvalue weighted by molar-refractivity contribution is 5.28. The summed E-state index contributed by atoms with van der Waals surface area (Å²) in [7, 11) is 0. The molecule has 1 N–H and O–H groups in total. The minimum absolute atomic E-state index is 0.0973. The number of fused-ring (bicyclic) bond motifs is 1. The van der Waals surface area contributed by atoms with Gasteiger partial charge in [0.2, 0.25) is 0 Å². The molecule has 1 fully saturated rings. The molecule has 0 saturated heterocycles. The van der Waals surface area contributed by atoms with Crippen LogP contribution in [0.5, 0.6) is 0 Å². The molecule has 98 valence electrons. The third-order valence-corrected chi connectivity index (χ3v) is 4.62. The first-order chi connectivity index (χ1) is 8.84. The SMILES string of the molecule is O[C@@H]1CCCC[C@H]1N1CCc2ccccc2CC1. The van der Waals surface area contributed by atoms with Crippen molar-refractivity contribution >= 4 is 0 Å². The van der Waals surface area contributed by atoms with E-state index in [1.54, 1.807) is 0 Å². The maximum absolute atomic E-state index is 10.2. The molecular weight excluding hydrogens is 222 g/mol. The van der Waals surface area contributed by atoms with Crippen LogP contribution in [0.4, 0.5) is 0 Å². The van der Waals surface area contributed by atoms with E-state index in [-0.39, 0.29) is 6.10 Å². The van der Waals surface area contributed by atoms with Crippen molar-refractivity contribution in [1.82, 2.24) is 4.90 Å². The number of aliphatic hydroxyl groups excluding tert-OH is 1. The van der Waals surface area contributed by atoms with E-state index in [0.717, 1.165) is 32.4 Å². The van der Waals surface area contributed by atoms with E-state index < -0.39 is 0 Å². The summed E-state index contributed by atoms with van der Waals surface area (Å²) in [5, 5.41) is 10.2. The van der Waals surface area contributed by atoms with Gasteiger partial charge in [0.1, 0.15) is 0 Å². The lowest BCUT2D eigenvalue weighted by atomic mass is 9.91. The standard InChI is InChI=1S/C16H23NO/c18-16-8-4-3-7-15(16)17-11-9-13-5-1-2-6-14(13)10-12-17/h1-2,5-6,15-16,18H,3-4,7-12H2/t15-,16-/m1/s1.